The zero-order valence-corrected chi connectivity index (χ0v) is 13.4. The predicted octanol–water partition coefficient (Wildman–Crippen LogP) is 3.67. The van der Waals surface area contributed by atoms with Crippen molar-refractivity contribution in [3.63, 3.8) is 0 Å². The minimum Gasteiger partial charge on any atom is -0.497 e. The van der Waals surface area contributed by atoms with Gasteiger partial charge in [0.15, 0.2) is 0 Å². The van der Waals surface area contributed by atoms with Crippen molar-refractivity contribution in [1.82, 2.24) is 0 Å². The van der Waals surface area contributed by atoms with Crippen LogP contribution in [-0.2, 0) is 6.42 Å². The molecule has 4 heteroatoms. The van der Waals surface area contributed by atoms with Crippen molar-refractivity contribution in [2.45, 2.75) is 19.3 Å². The van der Waals surface area contributed by atoms with E-state index < -0.39 is 0 Å². The molecule has 0 bridgehead atoms. The number of hydrazone groups is 1. The van der Waals surface area contributed by atoms with Gasteiger partial charge in [-0.2, -0.15) is 5.10 Å². The van der Waals surface area contributed by atoms with Crippen LogP contribution in [0, 0.1) is 0 Å². The Morgan fingerprint density at radius 2 is 1.96 bits per heavy atom. The van der Waals surface area contributed by atoms with Crippen molar-refractivity contribution in [3.05, 3.63) is 53.6 Å². The van der Waals surface area contributed by atoms with E-state index in [9.17, 15) is 0 Å². The van der Waals surface area contributed by atoms with Crippen molar-refractivity contribution < 1.29 is 4.74 Å². The monoisotopic (exact) mass is 307 g/mol. The van der Waals surface area contributed by atoms with Crippen molar-refractivity contribution in [3.8, 4) is 5.75 Å². The topological polar surface area (TPSA) is 36.9 Å². The molecule has 4 rings (SSSR count). The van der Waals surface area contributed by atoms with Crippen molar-refractivity contribution in [2.24, 2.45) is 5.10 Å². The third kappa shape index (κ3) is 2.65. The lowest BCUT2D eigenvalue weighted by Crippen LogP contribution is -2.37. The van der Waals surface area contributed by atoms with Gasteiger partial charge < -0.3 is 9.64 Å². The first-order valence-electron chi connectivity index (χ1n) is 8.19. The number of ether oxygens (including phenoxy) is 1. The van der Waals surface area contributed by atoms with Gasteiger partial charge in [-0.1, -0.05) is 18.2 Å². The maximum absolute atomic E-state index is 5.50. The van der Waals surface area contributed by atoms with E-state index in [1.165, 1.54) is 23.2 Å². The van der Waals surface area contributed by atoms with Gasteiger partial charge in [0.05, 0.1) is 18.5 Å². The fourth-order valence-corrected chi connectivity index (χ4v) is 3.50. The first kappa shape index (κ1) is 14.1. The number of hydrogen-bond acceptors (Lipinski definition) is 4. The maximum atomic E-state index is 5.50. The zero-order valence-electron chi connectivity index (χ0n) is 13.4. The predicted molar refractivity (Wildman–Crippen MR) is 94.7 cm³/mol. The van der Waals surface area contributed by atoms with Crippen LogP contribution in [0.4, 0.5) is 11.4 Å². The summed E-state index contributed by atoms with van der Waals surface area (Å²) in [6, 6.07) is 14.4. The Kier molecular flexibility index (Phi) is 3.66. The van der Waals surface area contributed by atoms with Crippen LogP contribution >= 0.6 is 0 Å². The van der Waals surface area contributed by atoms with Crippen LogP contribution in [0.5, 0.6) is 5.75 Å². The van der Waals surface area contributed by atoms with Gasteiger partial charge in [0.2, 0.25) is 0 Å². The molecule has 2 aliphatic rings. The van der Waals surface area contributed by atoms with Gasteiger partial charge in [0, 0.05) is 30.8 Å². The molecule has 118 valence electrons. The minimum atomic E-state index is 0.926. The van der Waals surface area contributed by atoms with Gasteiger partial charge in [-0.25, -0.2) is 0 Å². The van der Waals surface area contributed by atoms with E-state index in [2.05, 4.69) is 27.6 Å². The first-order valence-corrected chi connectivity index (χ1v) is 8.19. The number of hydrogen-bond donors (Lipinski definition) is 1. The molecule has 0 amide bonds. The second-order valence-corrected chi connectivity index (χ2v) is 6.06. The average molecular weight is 307 g/mol. The van der Waals surface area contributed by atoms with E-state index in [1.54, 1.807) is 7.11 Å². The number of para-hydroxylation sites is 1. The van der Waals surface area contributed by atoms with Crippen LogP contribution in [-0.4, -0.2) is 25.9 Å². The quantitative estimate of drug-likeness (QED) is 0.879. The maximum Gasteiger partial charge on any atom is 0.119 e. The molecule has 23 heavy (non-hydrogen) atoms. The number of benzene rings is 2. The summed E-state index contributed by atoms with van der Waals surface area (Å²) in [6.45, 7) is 2.19. The average Bonchev–Trinajstić information content (AvgIpc) is 2.62. The van der Waals surface area contributed by atoms with E-state index in [0.717, 1.165) is 43.1 Å². The Morgan fingerprint density at radius 1 is 1.09 bits per heavy atom. The van der Waals surface area contributed by atoms with E-state index in [1.807, 2.05) is 30.3 Å². The molecule has 2 aliphatic heterocycles. The van der Waals surface area contributed by atoms with Gasteiger partial charge in [-0.05, 0) is 42.7 Å². The highest BCUT2D eigenvalue weighted by atomic mass is 16.5. The summed E-state index contributed by atoms with van der Waals surface area (Å²) in [5, 5.41) is 4.69. The highest BCUT2D eigenvalue weighted by Gasteiger charge is 2.28. The summed E-state index contributed by atoms with van der Waals surface area (Å²) in [4.78, 5) is 2.50. The molecule has 0 saturated carbocycles. The van der Waals surface area contributed by atoms with E-state index >= 15 is 0 Å². The highest BCUT2D eigenvalue weighted by Crippen LogP contribution is 2.38. The third-order valence-electron chi connectivity index (χ3n) is 4.61. The molecule has 0 aromatic heterocycles. The first-order chi connectivity index (χ1) is 11.3. The molecule has 0 radical (unpaired) electrons. The van der Waals surface area contributed by atoms with Crippen LogP contribution in [0.15, 0.2) is 47.6 Å². The van der Waals surface area contributed by atoms with Crippen molar-refractivity contribution >= 4 is 17.1 Å². The Hall–Kier alpha value is -2.49. The number of anilines is 2. The molecule has 4 nitrogen and oxygen atoms in total. The molecule has 0 aliphatic carbocycles. The summed E-state index contributed by atoms with van der Waals surface area (Å²) in [6.07, 6.45) is 3.29. The molecule has 0 saturated heterocycles. The van der Waals surface area contributed by atoms with Gasteiger partial charge in [0.25, 0.3) is 0 Å². The summed E-state index contributed by atoms with van der Waals surface area (Å²) in [5.74, 6) is 0.926. The normalized spacial score (nSPS) is 17.8. The fourth-order valence-electron chi connectivity index (χ4n) is 3.50. The van der Waals surface area contributed by atoms with Gasteiger partial charge >= 0.3 is 0 Å². The molecular formula is C19H21N3O. The number of methoxy groups -OCH3 is 1. The van der Waals surface area contributed by atoms with Crippen LogP contribution in [0.2, 0.25) is 0 Å². The van der Waals surface area contributed by atoms with Crippen LogP contribution < -0.4 is 15.1 Å². The Labute approximate surface area is 136 Å². The van der Waals surface area contributed by atoms with E-state index in [4.69, 9.17) is 4.74 Å². The van der Waals surface area contributed by atoms with Crippen LogP contribution in [0.25, 0.3) is 0 Å². The van der Waals surface area contributed by atoms with Crippen LogP contribution in [0.3, 0.4) is 0 Å². The molecule has 2 aromatic rings. The molecule has 0 unspecified atom stereocenters. The van der Waals surface area contributed by atoms with Gasteiger partial charge in [-0.3, -0.25) is 5.43 Å². The summed E-state index contributed by atoms with van der Waals surface area (Å²) in [7, 11) is 1.73. The van der Waals surface area contributed by atoms with E-state index in [-0.39, 0.29) is 0 Å². The Balaban J connectivity index is 1.73. The van der Waals surface area contributed by atoms with Crippen LogP contribution in [0.1, 0.15) is 24.0 Å². The Morgan fingerprint density at radius 3 is 2.78 bits per heavy atom. The second-order valence-electron chi connectivity index (χ2n) is 6.06. The summed E-state index contributed by atoms with van der Waals surface area (Å²) >= 11 is 0. The molecule has 1 N–H and O–H groups in total. The zero-order chi connectivity index (χ0) is 15.6. The summed E-state index contributed by atoms with van der Waals surface area (Å²) in [5.41, 5.74) is 9.28. The van der Waals surface area contributed by atoms with E-state index in [0.29, 0.717) is 0 Å². The highest BCUT2D eigenvalue weighted by molar-refractivity contribution is 6.08. The second kappa shape index (κ2) is 5.95. The van der Waals surface area contributed by atoms with Crippen molar-refractivity contribution in [1.29, 1.82) is 0 Å². The number of nitrogens with one attached hydrogen (secondary N) is 1. The fraction of sp³-hybridized carbons (Fsp3) is 0.316. The smallest absolute Gasteiger partial charge is 0.119 e. The lowest BCUT2D eigenvalue weighted by molar-refractivity contribution is 0.413. The number of aryl methyl sites for hydroxylation is 1. The molecular weight excluding hydrogens is 286 g/mol. The molecule has 0 fully saturated rings. The lowest BCUT2D eigenvalue weighted by atomic mass is 9.90. The molecule has 0 spiro atoms. The Bertz CT molecular complexity index is 740. The van der Waals surface area contributed by atoms with Crippen molar-refractivity contribution in [2.75, 3.05) is 30.5 Å². The standard InChI is InChI=1S/C19H21N3O/c1-23-16-12-14-6-5-10-22-11-9-18(17(13-16)19(14)22)21-20-15-7-3-2-4-8-15/h2-4,7-8,12-13,20H,5-6,9-11H2,1H3/b21-18+. The number of rotatable bonds is 3. The lowest BCUT2D eigenvalue weighted by Gasteiger charge is -2.37. The molecule has 2 aromatic carbocycles. The van der Waals surface area contributed by atoms with Gasteiger partial charge in [-0.15, -0.1) is 0 Å². The number of nitrogens with zero attached hydrogens (tertiary/aromatic N) is 2. The molecule has 0 atom stereocenters. The minimum absolute atomic E-state index is 0.926. The summed E-state index contributed by atoms with van der Waals surface area (Å²) < 4.78 is 5.50. The molecule has 2 heterocycles. The third-order valence-corrected chi connectivity index (χ3v) is 4.61. The largest absolute Gasteiger partial charge is 0.497 e. The SMILES string of the molecule is COc1cc2c3c(c1)/C(=N/Nc1ccccc1)CCN3CCC2. The van der Waals surface area contributed by atoms with Gasteiger partial charge in [0.1, 0.15) is 5.75 Å².